The maximum atomic E-state index is 4.75. The van der Waals surface area contributed by atoms with Gasteiger partial charge in [0.05, 0.1) is 5.25 Å². The number of aromatic nitrogens is 2. The fourth-order valence-corrected chi connectivity index (χ4v) is 3.40. The van der Waals surface area contributed by atoms with Crippen LogP contribution in [-0.2, 0) is 0 Å². The summed E-state index contributed by atoms with van der Waals surface area (Å²) in [4.78, 5) is 9.44. The van der Waals surface area contributed by atoms with Crippen molar-refractivity contribution < 1.29 is 0 Å². The summed E-state index contributed by atoms with van der Waals surface area (Å²) >= 11 is 2.01. The van der Waals surface area contributed by atoms with Crippen molar-refractivity contribution in [1.29, 1.82) is 0 Å². The molecule has 1 unspecified atom stereocenters. The van der Waals surface area contributed by atoms with Crippen molar-refractivity contribution in [2.24, 2.45) is 0 Å². The second-order valence-corrected chi connectivity index (χ2v) is 6.23. The standard InChI is InChI=1S/C14H23N3S/c1-4-8-15-13-10(2)11(3)16-14(17-13)12-7-5-6-9-18-12/h12H,4-9H2,1-3H3,(H,15,16,17). The summed E-state index contributed by atoms with van der Waals surface area (Å²) in [6.45, 7) is 7.35. The summed E-state index contributed by atoms with van der Waals surface area (Å²) in [5.41, 5.74) is 2.30. The highest BCUT2D eigenvalue weighted by molar-refractivity contribution is 7.99. The minimum absolute atomic E-state index is 0.500. The molecule has 1 aliphatic rings. The normalized spacial score (nSPS) is 19.8. The molecule has 0 amide bonds. The Bertz CT molecular complexity index is 400. The Morgan fingerprint density at radius 3 is 2.78 bits per heavy atom. The van der Waals surface area contributed by atoms with E-state index >= 15 is 0 Å². The highest BCUT2D eigenvalue weighted by Gasteiger charge is 2.20. The molecule has 0 bridgehead atoms. The molecule has 100 valence electrons. The quantitative estimate of drug-likeness (QED) is 0.896. The number of nitrogens with one attached hydrogen (secondary N) is 1. The van der Waals surface area contributed by atoms with Crippen molar-refractivity contribution in [3.05, 3.63) is 17.1 Å². The van der Waals surface area contributed by atoms with E-state index in [0.717, 1.165) is 30.3 Å². The molecule has 1 atom stereocenters. The molecule has 0 aromatic carbocycles. The third kappa shape index (κ3) is 3.16. The van der Waals surface area contributed by atoms with Crippen molar-refractivity contribution in [2.75, 3.05) is 17.6 Å². The molecule has 0 radical (unpaired) electrons. The fraction of sp³-hybridized carbons (Fsp3) is 0.714. The number of anilines is 1. The van der Waals surface area contributed by atoms with Crippen LogP contribution in [0.15, 0.2) is 0 Å². The van der Waals surface area contributed by atoms with Gasteiger partial charge >= 0.3 is 0 Å². The maximum absolute atomic E-state index is 4.75. The molecular formula is C14H23N3S. The van der Waals surface area contributed by atoms with Crippen LogP contribution in [0.1, 0.15) is 54.9 Å². The zero-order valence-electron chi connectivity index (χ0n) is 11.6. The van der Waals surface area contributed by atoms with Crippen LogP contribution < -0.4 is 5.32 Å². The van der Waals surface area contributed by atoms with Gasteiger partial charge in [-0.1, -0.05) is 13.3 Å². The Morgan fingerprint density at radius 2 is 2.11 bits per heavy atom. The van der Waals surface area contributed by atoms with Crippen LogP contribution in [-0.4, -0.2) is 22.3 Å². The molecule has 4 heteroatoms. The Morgan fingerprint density at radius 1 is 1.28 bits per heavy atom. The highest BCUT2D eigenvalue weighted by atomic mass is 32.2. The molecule has 1 aromatic heterocycles. The fourth-order valence-electron chi connectivity index (χ4n) is 2.15. The minimum atomic E-state index is 0.500. The van der Waals surface area contributed by atoms with Crippen molar-refractivity contribution in [3.8, 4) is 0 Å². The largest absolute Gasteiger partial charge is 0.370 e. The lowest BCUT2D eigenvalue weighted by molar-refractivity contribution is 0.659. The molecule has 1 aliphatic heterocycles. The minimum Gasteiger partial charge on any atom is -0.370 e. The Balaban J connectivity index is 2.22. The Kier molecular flexibility index (Phi) is 4.87. The van der Waals surface area contributed by atoms with E-state index in [1.807, 2.05) is 11.8 Å². The second-order valence-electron chi connectivity index (χ2n) is 4.92. The predicted octanol–water partition coefficient (Wildman–Crippen LogP) is 3.87. The van der Waals surface area contributed by atoms with Gasteiger partial charge in [-0.3, -0.25) is 0 Å². The van der Waals surface area contributed by atoms with E-state index < -0.39 is 0 Å². The molecule has 1 fully saturated rings. The van der Waals surface area contributed by atoms with Crippen LogP contribution in [0.2, 0.25) is 0 Å². The topological polar surface area (TPSA) is 37.8 Å². The van der Waals surface area contributed by atoms with Crippen LogP contribution in [0, 0.1) is 13.8 Å². The Labute approximate surface area is 114 Å². The van der Waals surface area contributed by atoms with Crippen LogP contribution in [0.5, 0.6) is 0 Å². The zero-order valence-corrected chi connectivity index (χ0v) is 12.4. The maximum Gasteiger partial charge on any atom is 0.143 e. The third-order valence-electron chi connectivity index (χ3n) is 3.42. The van der Waals surface area contributed by atoms with Gasteiger partial charge in [0, 0.05) is 17.8 Å². The monoisotopic (exact) mass is 265 g/mol. The lowest BCUT2D eigenvalue weighted by Gasteiger charge is -2.21. The lowest BCUT2D eigenvalue weighted by Crippen LogP contribution is -2.12. The number of thioether (sulfide) groups is 1. The van der Waals surface area contributed by atoms with Gasteiger partial charge < -0.3 is 5.32 Å². The van der Waals surface area contributed by atoms with E-state index in [-0.39, 0.29) is 0 Å². The van der Waals surface area contributed by atoms with Crippen LogP contribution >= 0.6 is 11.8 Å². The molecule has 18 heavy (non-hydrogen) atoms. The van der Waals surface area contributed by atoms with E-state index in [2.05, 4.69) is 26.1 Å². The Hall–Kier alpha value is -0.770. The number of hydrogen-bond donors (Lipinski definition) is 1. The average Bonchev–Trinajstić information content (AvgIpc) is 2.41. The summed E-state index contributed by atoms with van der Waals surface area (Å²) in [6.07, 6.45) is 5.00. The summed E-state index contributed by atoms with van der Waals surface area (Å²) in [5, 5.41) is 3.92. The third-order valence-corrected chi connectivity index (χ3v) is 4.79. The van der Waals surface area contributed by atoms with Crippen molar-refractivity contribution >= 4 is 17.6 Å². The molecule has 3 nitrogen and oxygen atoms in total. The summed E-state index contributed by atoms with van der Waals surface area (Å²) in [7, 11) is 0. The second kappa shape index (κ2) is 6.41. The predicted molar refractivity (Wildman–Crippen MR) is 79.3 cm³/mol. The van der Waals surface area contributed by atoms with Gasteiger partial charge in [-0.05, 0) is 38.9 Å². The first-order valence-corrected chi connectivity index (χ1v) is 7.98. The first-order chi connectivity index (χ1) is 8.72. The van der Waals surface area contributed by atoms with Gasteiger partial charge in [-0.25, -0.2) is 9.97 Å². The number of aryl methyl sites for hydroxylation is 1. The molecule has 2 heterocycles. The van der Waals surface area contributed by atoms with Crippen LogP contribution in [0.25, 0.3) is 0 Å². The molecule has 1 N–H and O–H groups in total. The molecular weight excluding hydrogens is 242 g/mol. The number of hydrogen-bond acceptors (Lipinski definition) is 4. The molecule has 0 spiro atoms. The molecule has 0 aliphatic carbocycles. The average molecular weight is 265 g/mol. The van der Waals surface area contributed by atoms with Crippen LogP contribution in [0.3, 0.4) is 0 Å². The molecule has 1 saturated heterocycles. The van der Waals surface area contributed by atoms with E-state index in [1.165, 1.54) is 30.6 Å². The number of rotatable bonds is 4. The molecule has 0 saturated carbocycles. The van der Waals surface area contributed by atoms with E-state index in [1.54, 1.807) is 0 Å². The summed E-state index contributed by atoms with van der Waals surface area (Å²) in [6, 6.07) is 0. The van der Waals surface area contributed by atoms with Crippen molar-refractivity contribution in [3.63, 3.8) is 0 Å². The molecule has 2 rings (SSSR count). The first-order valence-electron chi connectivity index (χ1n) is 6.93. The van der Waals surface area contributed by atoms with Gasteiger partial charge in [0.25, 0.3) is 0 Å². The van der Waals surface area contributed by atoms with Crippen molar-refractivity contribution in [2.45, 2.75) is 51.7 Å². The summed E-state index contributed by atoms with van der Waals surface area (Å²) in [5.74, 6) is 3.31. The van der Waals surface area contributed by atoms with Gasteiger partial charge in [0.15, 0.2) is 0 Å². The van der Waals surface area contributed by atoms with Gasteiger partial charge in [-0.2, -0.15) is 11.8 Å². The van der Waals surface area contributed by atoms with Crippen molar-refractivity contribution in [1.82, 2.24) is 9.97 Å². The van der Waals surface area contributed by atoms with Gasteiger partial charge in [0.2, 0.25) is 0 Å². The highest BCUT2D eigenvalue weighted by Crippen LogP contribution is 2.37. The van der Waals surface area contributed by atoms with Gasteiger partial charge in [0.1, 0.15) is 11.6 Å². The number of nitrogens with zero attached hydrogens (tertiary/aromatic N) is 2. The zero-order chi connectivity index (χ0) is 13.0. The van der Waals surface area contributed by atoms with Crippen LogP contribution in [0.4, 0.5) is 5.82 Å². The van der Waals surface area contributed by atoms with E-state index in [9.17, 15) is 0 Å². The van der Waals surface area contributed by atoms with Gasteiger partial charge in [-0.15, -0.1) is 0 Å². The van der Waals surface area contributed by atoms with E-state index in [4.69, 9.17) is 9.97 Å². The smallest absolute Gasteiger partial charge is 0.143 e. The summed E-state index contributed by atoms with van der Waals surface area (Å²) < 4.78 is 0. The molecule has 1 aromatic rings. The first kappa shape index (κ1) is 13.7. The lowest BCUT2D eigenvalue weighted by atomic mass is 10.1. The SMILES string of the molecule is CCCNc1nc(C2CCCCS2)nc(C)c1C. The van der Waals surface area contributed by atoms with E-state index in [0.29, 0.717) is 5.25 Å².